The third kappa shape index (κ3) is 3.20. The number of hydrogen-bond acceptors (Lipinski definition) is 2. The minimum absolute atomic E-state index is 0.0142. The van der Waals surface area contributed by atoms with Gasteiger partial charge in [0, 0.05) is 12.1 Å². The number of benzene rings is 1. The molecule has 0 radical (unpaired) electrons. The molecule has 2 rings (SSSR count). The van der Waals surface area contributed by atoms with Gasteiger partial charge in [-0.15, -0.1) is 0 Å². The van der Waals surface area contributed by atoms with Crippen LogP contribution in [0.3, 0.4) is 0 Å². The SMILES string of the molecule is CCCCNC(=O)c1ccc(-c2ccsc2)cc1. The third-order valence-corrected chi connectivity index (χ3v) is 3.50. The van der Waals surface area contributed by atoms with Gasteiger partial charge in [0.15, 0.2) is 0 Å². The Morgan fingerprint density at radius 3 is 2.56 bits per heavy atom. The lowest BCUT2D eigenvalue weighted by atomic mass is 10.1. The summed E-state index contributed by atoms with van der Waals surface area (Å²) in [5.74, 6) is 0.0142. The fraction of sp³-hybridized carbons (Fsp3) is 0.267. The predicted molar refractivity (Wildman–Crippen MR) is 77.0 cm³/mol. The highest BCUT2D eigenvalue weighted by molar-refractivity contribution is 7.08. The van der Waals surface area contributed by atoms with Crippen molar-refractivity contribution >= 4 is 17.2 Å². The third-order valence-electron chi connectivity index (χ3n) is 2.82. The molecule has 0 atom stereocenters. The van der Waals surface area contributed by atoms with Crippen molar-refractivity contribution in [1.29, 1.82) is 0 Å². The maximum Gasteiger partial charge on any atom is 0.251 e. The zero-order valence-corrected chi connectivity index (χ0v) is 11.3. The van der Waals surface area contributed by atoms with Gasteiger partial charge >= 0.3 is 0 Å². The Bertz CT molecular complexity index is 488. The van der Waals surface area contributed by atoms with E-state index >= 15 is 0 Å². The van der Waals surface area contributed by atoms with Crippen LogP contribution in [0.2, 0.25) is 0 Å². The zero-order chi connectivity index (χ0) is 12.8. The molecule has 0 unspecified atom stereocenters. The second kappa shape index (κ2) is 6.36. The number of unbranched alkanes of at least 4 members (excludes halogenated alkanes) is 1. The van der Waals surface area contributed by atoms with Crippen LogP contribution in [0.5, 0.6) is 0 Å². The van der Waals surface area contributed by atoms with Crippen molar-refractivity contribution in [1.82, 2.24) is 5.32 Å². The second-order valence-electron chi connectivity index (χ2n) is 4.20. The van der Waals surface area contributed by atoms with Crippen LogP contribution >= 0.6 is 11.3 Å². The summed E-state index contributed by atoms with van der Waals surface area (Å²) < 4.78 is 0. The first kappa shape index (κ1) is 12.8. The minimum Gasteiger partial charge on any atom is -0.352 e. The standard InChI is InChI=1S/C15H17NOS/c1-2-3-9-16-15(17)13-6-4-12(5-7-13)14-8-10-18-11-14/h4-8,10-11H,2-3,9H2,1H3,(H,16,17). The monoisotopic (exact) mass is 259 g/mol. The summed E-state index contributed by atoms with van der Waals surface area (Å²) in [6.07, 6.45) is 2.12. The molecule has 0 aliphatic rings. The van der Waals surface area contributed by atoms with Crippen molar-refractivity contribution in [3.63, 3.8) is 0 Å². The van der Waals surface area contributed by atoms with Gasteiger partial charge in [-0.2, -0.15) is 11.3 Å². The van der Waals surface area contributed by atoms with E-state index in [1.165, 1.54) is 5.56 Å². The van der Waals surface area contributed by atoms with Crippen LogP contribution in [0.4, 0.5) is 0 Å². The lowest BCUT2D eigenvalue weighted by Gasteiger charge is -2.05. The number of rotatable bonds is 5. The highest BCUT2D eigenvalue weighted by atomic mass is 32.1. The van der Waals surface area contributed by atoms with Crippen LogP contribution in [-0.2, 0) is 0 Å². The molecule has 3 heteroatoms. The molecule has 1 amide bonds. The molecule has 18 heavy (non-hydrogen) atoms. The Morgan fingerprint density at radius 1 is 1.17 bits per heavy atom. The molecule has 0 bridgehead atoms. The van der Waals surface area contributed by atoms with Crippen LogP contribution in [0.25, 0.3) is 11.1 Å². The van der Waals surface area contributed by atoms with Crippen LogP contribution in [0.1, 0.15) is 30.1 Å². The van der Waals surface area contributed by atoms with E-state index in [0.717, 1.165) is 30.5 Å². The zero-order valence-electron chi connectivity index (χ0n) is 10.5. The van der Waals surface area contributed by atoms with E-state index in [-0.39, 0.29) is 5.91 Å². The molecule has 2 aromatic rings. The van der Waals surface area contributed by atoms with Gasteiger partial charge in [-0.05, 0) is 46.5 Å². The van der Waals surface area contributed by atoms with E-state index < -0.39 is 0 Å². The molecule has 0 fully saturated rings. The summed E-state index contributed by atoms with van der Waals surface area (Å²) in [6.45, 7) is 2.86. The number of amides is 1. The van der Waals surface area contributed by atoms with Crippen molar-refractivity contribution in [2.45, 2.75) is 19.8 Å². The molecule has 1 N–H and O–H groups in total. The Kier molecular flexibility index (Phi) is 4.53. The molecule has 0 spiro atoms. The van der Waals surface area contributed by atoms with Gasteiger partial charge in [0.1, 0.15) is 0 Å². The summed E-state index contributed by atoms with van der Waals surface area (Å²) in [4.78, 5) is 11.8. The van der Waals surface area contributed by atoms with Crippen molar-refractivity contribution in [2.24, 2.45) is 0 Å². The highest BCUT2D eigenvalue weighted by Crippen LogP contribution is 2.22. The largest absolute Gasteiger partial charge is 0.352 e. The maximum atomic E-state index is 11.8. The maximum absolute atomic E-state index is 11.8. The molecule has 0 saturated carbocycles. The molecule has 1 aromatic heterocycles. The number of nitrogens with one attached hydrogen (secondary N) is 1. The van der Waals surface area contributed by atoms with Gasteiger partial charge in [-0.3, -0.25) is 4.79 Å². The number of thiophene rings is 1. The van der Waals surface area contributed by atoms with Crippen LogP contribution in [-0.4, -0.2) is 12.5 Å². The fourth-order valence-electron chi connectivity index (χ4n) is 1.72. The molecule has 1 aromatic carbocycles. The van der Waals surface area contributed by atoms with Gasteiger partial charge in [0.05, 0.1) is 0 Å². The van der Waals surface area contributed by atoms with E-state index in [0.29, 0.717) is 0 Å². The number of carbonyl (C=O) groups is 1. The molecule has 0 aliphatic carbocycles. The topological polar surface area (TPSA) is 29.1 Å². The van der Waals surface area contributed by atoms with Crippen LogP contribution in [0.15, 0.2) is 41.1 Å². The number of hydrogen-bond donors (Lipinski definition) is 1. The van der Waals surface area contributed by atoms with Gasteiger partial charge in [0.25, 0.3) is 5.91 Å². The smallest absolute Gasteiger partial charge is 0.251 e. The van der Waals surface area contributed by atoms with Crippen molar-refractivity contribution in [3.8, 4) is 11.1 Å². The van der Waals surface area contributed by atoms with E-state index in [9.17, 15) is 4.79 Å². The number of carbonyl (C=O) groups excluding carboxylic acids is 1. The van der Waals surface area contributed by atoms with E-state index in [2.05, 4.69) is 29.1 Å². The molecular weight excluding hydrogens is 242 g/mol. The molecule has 0 saturated heterocycles. The first-order valence-corrected chi connectivity index (χ1v) is 7.16. The molecular formula is C15H17NOS. The molecule has 1 heterocycles. The Hall–Kier alpha value is -1.61. The van der Waals surface area contributed by atoms with Crippen molar-refractivity contribution in [2.75, 3.05) is 6.54 Å². The van der Waals surface area contributed by atoms with Crippen molar-refractivity contribution < 1.29 is 4.79 Å². The van der Waals surface area contributed by atoms with Crippen LogP contribution in [0, 0.1) is 0 Å². The minimum atomic E-state index is 0.0142. The normalized spacial score (nSPS) is 10.3. The second-order valence-corrected chi connectivity index (χ2v) is 4.98. The first-order valence-electron chi connectivity index (χ1n) is 6.22. The van der Waals surface area contributed by atoms with E-state index in [1.807, 2.05) is 24.3 Å². The van der Waals surface area contributed by atoms with Crippen molar-refractivity contribution in [3.05, 3.63) is 46.7 Å². The summed E-state index contributed by atoms with van der Waals surface area (Å²) >= 11 is 1.68. The highest BCUT2D eigenvalue weighted by Gasteiger charge is 2.05. The summed E-state index contributed by atoms with van der Waals surface area (Å²) in [7, 11) is 0. The Balaban J connectivity index is 2.01. The quantitative estimate of drug-likeness (QED) is 0.809. The van der Waals surface area contributed by atoms with Gasteiger partial charge in [0.2, 0.25) is 0 Å². The van der Waals surface area contributed by atoms with E-state index in [1.54, 1.807) is 11.3 Å². The van der Waals surface area contributed by atoms with Gasteiger partial charge in [-0.25, -0.2) is 0 Å². The van der Waals surface area contributed by atoms with Gasteiger partial charge in [-0.1, -0.05) is 25.5 Å². The van der Waals surface area contributed by atoms with Crippen LogP contribution < -0.4 is 5.32 Å². The first-order chi connectivity index (χ1) is 8.81. The molecule has 94 valence electrons. The molecule has 0 aliphatic heterocycles. The summed E-state index contributed by atoms with van der Waals surface area (Å²) in [5, 5.41) is 7.08. The lowest BCUT2D eigenvalue weighted by molar-refractivity contribution is 0.0953. The average molecular weight is 259 g/mol. The van der Waals surface area contributed by atoms with E-state index in [4.69, 9.17) is 0 Å². The van der Waals surface area contributed by atoms with Gasteiger partial charge < -0.3 is 5.32 Å². The Labute approximate surface area is 112 Å². The lowest BCUT2D eigenvalue weighted by Crippen LogP contribution is -2.24. The summed E-state index contributed by atoms with van der Waals surface area (Å²) in [6, 6.07) is 9.84. The average Bonchev–Trinajstić information content (AvgIpc) is 2.93. The predicted octanol–water partition coefficient (Wildman–Crippen LogP) is 3.95. The Morgan fingerprint density at radius 2 is 1.94 bits per heavy atom. The fourth-order valence-corrected chi connectivity index (χ4v) is 2.39. The summed E-state index contributed by atoms with van der Waals surface area (Å²) in [5.41, 5.74) is 3.09. The molecule has 2 nitrogen and oxygen atoms in total.